The van der Waals surface area contributed by atoms with Crippen LogP contribution in [0.5, 0.6) is 0 Å². The average Bonchev–Trinajstić information content (AvgIpc) is 2.72. The Kier molecular flexibility index (Phi) is 5.37. The van der Waals surface area contributed by atoms with Crippen LogP contribution in [0, 0.1) is 10.1 Å². The van der Waals surface area contributed by atoms with Crippen molar-refractivity contribution in [2.45, 2.75) is 47.5 Å². The smallest absolute Gasteiger partial charge is 0.265 e. The molecule has 6 atom stereocenters. The molecule has 0 bridgehead atoms. The van der Waals surface area contributed by atoms with E-state index in [0.717, 1.165) is 22.2 Å². The molecule has 2 aliphatic rings. The fourth-order valence-electron chi connectivity index (χ4n) is 3.63. The predicted octanol–water partition coefficient (Wildman–Crippen LogP) is 3.99. The van der Waals surface area contributed by atoms with Crippen LogP contribution in [0.25, 0.3) is 0 Å². The first-order valence-electron chi connectivity index (χ1n) is 8.98. The van der Waals surface area contributed by atoms with Crippen LogP contribution in [0.3, 0.4) is 0 Å². The van der Waals surface area contributed by atoms with Crippen LogP contribution in [0.2, 0.25) is 0 Å². The number of thioether (sulfide) groups is 1. The van der Waals surface area contributed by atoms with E-state index in [9.17, 15) is 14.5 Å². The Bertz CT molecular complexity index is 826. The molecule has 28 heavy (non-hydrogen) atoms. The number of benzene rings is 2. The Morgan fingerprint density at radius 1 is 1.11 bits per heavy atom. The SMILES string of the molecule is C[C@@]1([N+](=O)[O-])[C@@H]2OC(c3ccccc3)OC[C@H]2O[C@H](F)[C@H]1Sc1ccccc1. The number of ether oxygens (including phenoxy) is 3. The van der Waals surface area contributed by atoms with Crippen molar-refractivity contribution >= 4 is 11.8 Å². The summed E-state index contributed by atoms with van der Waals surface area (Å²) in [7, 11) is 0. The number of hydrogen-bond donors (Lipinski definition) is 0. The van der Waals surface area contributed by atoms with E-state index in [1.165, 1.54) is 6.92 Å². The van der Waals surface area contributed by atoms with Crippen molar-refractivity contribution in [2.24, 2.45) is 0 Å². The molecular weight excluding hydrogens is 385 g/mol. The normalized spacial score (nSPS) is 35.1. The van der Waals surface area contributed by atoms with E-state index in [2.05, 4.69) is 0 Å². The molecule has 2 aromatic carbocycles. The highest BCUT2D eigenvalue weighted by atomic mass is 32.2. The van der Waals surface area contributed by atoms with E-state index in [1.54, 1.807) is 12.1 Å². The third-order valence-corrected chi connectivity index (χ3v) is 6.68. The summed E-state index contributed by atoms with van der Waals surface area (Å²) in [6, 6.07) is 18.2. The summed E-state index contributed by atoms with van der Waals surface area (Å²) in [5.74, 6) is 0. The topological polar surface area (TPSA) is 70.8 Å². The average molecular weight is 405 g/mol. The van der Waals surface area contributed by atoms with Gasteiger partial charge in [-0.05, 0) is 12.1 Å². The lowest BCUT2D eigenvalue weighted by Crippen LogP contribution is -2.69. The molecule has 2 heterocycles. The lowest BCUT2D eigenvalue weighted by molar-refractivity contribution is -0.598. The van der Waals surface area contributed by atoms with Crippen molar-refractivity contribution in [3.05, 3.63) is 76.3 Å². The summed E-state index contributed by atoms with van der Waals surface area (Å²) >= 11 is 1.10. The Morgan fingerprint density at radius 3 is 2.39 bits per heavy atom. The van der Waals surface area contributed by atoms with Gasteiger partial charge in [0.15, 0.2) is 12.4 Å². The number of nitro groups is 1. The summed E-state index contributed by atoms with van der Waals surface area (Å²) in [5, 5.41) is 11.1. The lowest BCUT2D eigenvalue weighted by Gasteiger charge is -2.48. The third kappa shape index (κ3) is 3.41. The van der Waals surface area contributed by atoms with Gasteiger partial charge in [-0.3, -0.25) is 10.1 Å². The molecule has 0 aliphatic carbocycles. The third-order valence-electron chi connectivity index (χ3n) is 5.19. The number of hydrogen-bond acceptors (Lipinski definition) is 6. The highest BCUT2D eigenvalue weighted by Gasteiger charge is 2.65. The molecule has 2 aromatic rings. The first-order chi connectivity index (χ1) is 13.5. The maximum atomic E-state index is 14.9. The monoisotopic (exact) mass is 405 g/mol. The van der Waals surface area contributed by atoms with Crippen LogP contribution in [-0.2, 0) is 14.2 Å². The molecule has 8 heteroatoms. The number of nitrogens with zero attached hydrogens (tertiary/aromatic N) is 1. The quantitative estimate of drug-likeness (QED) is 0.566. The van der Waals surface area contributed by atoms with Gasteiger partial charge in [0.1, 0.15) is 11.4 Å². The molecule has 0 spiro atoms. The van der Waals surface area contributed by atoms with Gasteiger partial charge in [-0.2, -0.15) is 0 Å². The summed E-state index contributed by atoms with van der Waals surface area (Å²) in [6.45, 7) is 1.46. The van der Waals surface area contributed by atoms with Gasteiger partial charge in [0, 0.05) is 22.3 Å². The number of rotatable bonds is 4. The Balaban J connectivity index is 1.65. The van der Waals surface area contributed by atoms with Gasteiger partial charge in [0.05, 0.1) is 6.61 Å². The predicted molar refractivity (Wildman–Crippen MR) is 101 cm³/mol. The Labute approximate surface area is 166 Å². The molecular formula is C20H20FNO5S. The highest BCUT2D eigenvalue weighted by molar-refractivity contribution is 8.00. The second kappa shape index (κ2) is 7.79. The van der Waals surface area contributed by atoms with E-state index in [0.29, 0.717) is 0 Å². The molecule has 0 N–H and O–H groups in total. The zero-order chi connectivity index (χ0) is 19.7. The largest absolute Gasteiger partial charge is 0.346 e. The Hall–Kier alpha value is -2.00. The van der Waals surface area contributed by atoms with E-state index in [4.69, 9.17) is 14.2 Å². The Morgan fingerprint density at radius 2 is 1.75 bits per heavy atom. The lowest BCUT2D eigenvalue weighted by atomic mass is 9.84. The molecule has 2 aliphatic heterocycles. The zero-order valence-electron chi connectivity index (χ0n) is 15.1. The first kappa shape index (κ1) is 19.3. The molecule has 2 fully saturated rings. The molecule has 6 nitrogen and oxygen atoms in total. The van der Waals surface area contributed by atoms with E-state index < -0.39 is 40.6 Å². The summed E-state index contributed by atoms with van der Waals surface area (Å²) < 4.78 is 32.1. The standard InChI is InChI=1S/C20H20FNO5S/c1-20(22(23)24)16-15(12-25-19(27-16)13-8-4-2-5-9-13)26-18(21)17(20)28-14-10-6-3-7-11-14/h2-11,15-19H,12H2,1H3/t15-,16-,17-,18+,19?,20-/m1/s1. The van der Waals surface area contributed by atoms with Crippen molar-refractivity contribution in [1.29, 1.82) is 0 Å². The molecule has 148 valence electrons. The van der Waals surface area contributed by atoms with Crippen molar-refractivity contribution in [3.63, 3.8) is 0 Å². The molecule has 0 amide bonds. The second-order valence-electron chi connectivity index (χ2n) is 6.99. The molecule has 4 rings (SSSR count). The fourth-order valence-corrected chi connectivity index (χ4v) is 4.87. The van der Waals surface area contributed by atoms with E-state index >= 15 is 0 Å². The van der Waals surface area contributed by atoms with E-state index in [-0.39, 0.29) is 6.61 Å². The molecule has 2 saturated heterocycles. The van der Waals surface area contributed by atoms with E-state index in [1.807, 2.05) is 48.5 Å². The van der Waals surface area contributed by atoms with Crippen molar-refractivity contribution < 1.29 is 23.5 Å². The van der Waals surface area contributed by atoms with Crippen molar-refractivity contribution in [1.82, 2.24) is 0 Å². The minimum atomic E-state index is -1.82. The summed E-state index contributed by atoms with van der Waals surface area (Å²) in [4.78, 5) is 12.5. The molecule has 0 radical (unpaired) electrons. The molecule has 0 saturated carbocycles. The number of alkyl halides is 1. The van der Waals surface area contributed by atoms with Gasteiger partial charge >= 0.3 is 0 Å². The van der Waals surface area contributed by atoms with Crippen molar-refractivity contribution in [3.8, 4) is 0 Å². The van der Waals surface area contributed by atoms with Gasteiger partial charge in [-0.1, -0.05) is 48.5 Å². The van der Waals surface area contributed by atoms with Crippen LogP contribution >= 0.6 is 11.8 Å². The minimum absolute atomic E-state index is 0.0246. The van der Waals surface area contributed by atoms with Crippen LogP contribution in [0.1, 0.15) is 18.8 Å². The first-order valence-corrected chi connectivity index (χ1v) is 9.86. The maximum absolute atomic E-state index is 14.9. The van der Waals surface area contributed by atoms with Gasteiger partial charge in [-0.25, -0.2) is 4.39 Å². The zero-order valence-corrected chi connectivity index (χ0v) is 16.0. The second-order valence-corrected chi connectivity index (χ2v) is 8.21. The van der Waals surface area contributed by atoms with Gasteiger partial charge < -0.3 is 14.2 Å². The maximum Gasteiger partial charge on any atom is 0.265 e. The van der Waals surface area contributed by atoms with Gasteiger partial charge in [0.2, 0.25) is 6.36 Å². The van der Waals surface area contributed by atoms with Crippen LogP contribution in [0.15, 0.2) is 65.6 Å². The van der Waals surface area contributed by atoms with Crippen LogP contribution in [-0.4, -0.2) is 40.9 Å². The van der Waals surface area contributed by atoms with Gasteiger partial charge in [-0.15, -0.1) is 11.8 Å². The summed E-state index contributed by atoms with van der Waals surface area (Å²) in [6.07, 6.45) is -4.38. The fraction of sp³-hybridized carbons (Fsp3) is 0.400. The van der Waals surface area contributed by atoms with Crippen molar-refractivity contribution in [2.75, 3.05) is 6.61 Å². The molecule has 1 unspecified atom stereocenters. The van der Waals surface area contributed by atoms with Gasteiger partial charge in [0.25, 0.3) is 5.54 Å². The minimum Gasteiger partial charge on any atom is -0.346 e. The number of fused-ring (bicyclic) bond motifs is 1. The summed E-state index contributed by atoms with van der Waals surface area (Å²) in [5.41, 5.74) is -0.944. The van der Waals surface area contributed by atoms with Crippen LogP contribution in [0.4, 0.5) is 4.39 Å². The number of halogens is 1. The van der Waals surface area contributed by atoms with Crippen LogP contribution < -0.4 is 0 Å². The highest BCUT2D eigenvalue weighted by Crippen LogP contribution is 2.46. The molecule has 0 aromatic heterocycles.